The molecule has 0 bridgehead atoms. The van der Waals surface area contributed by atoms with E-state index in [1.807, 2.05) is 30.7 Å². The van der Waals surface area contributed by atoms with E-state index in [2.05, 4.69) is 167 Å². The molecule has 4 heterocycles. The van der Waals surface area contributed by atoms with Gasteiger partial charge in [-0.15, -0.1) is 12.1 Å². The Bertz CT molecular complexity index is 3180. The zero-order valence-corrected chi connectivity index (χ0v) is 37.6. The third-order valence-corrected chi connectivity index (χ3v) is 12.2. The maximum atomic E-state index is 6.64. The van der Waals surface area contributed by atoms with Crippen molar-refractivity contribution in [3.05, 3.63) is 156 Å². The number of rotatable bonds is 8. The first kappa shape index (κ1) is 39.7. The summed E-state index contributed by atoms with van der Waals surface area (Å²) in [5, 5.41) is 6.31. The van der Waals surface area contributed by atoms with Crippen molar-refractivity contribution in [3.63, 3.8) is 0 Å². The number of nitrogens with zero attached hydrogens (tertiary/aromatic N) is 4. The standard InChI is InChI=1S/C54H48N4O.Pt/c1-31(2)38-12-9-13-39(32(3)4)50(38)35-18-23-49-46(28-35)43-22-20-37(30-48(43)53-55-24-26-57(49)53)59-36-19-21-42-44-16-11-17-45(52(44)58-27-25-56-54(58)47(42)29-36)51-40(33(5)6)14-10-15-41(51)34(7)8;/h9-28,31-34H,1-8H3;/q-2;+2. The molecule has 0 aliphatic heterocycles. The Balaban J connectivity index is 0.00000462. The Morgan fingerprint density at radius 2 is 1.00 bits per heavy atom. The van der Waals surface area contributed by atoms with Crippen molar-refractivity contribution < 1.29 is 25.8 Å². The second-order valence-corrected chi connectivity index (χ2v) is 17.2. The molecular formula is C54H48N4OPt. The summed E-state index contributed by atoms with van der Waals surface area (Å²) in [5.41, 5.74) is 14.5. The minimum atomic E-state index is 0. The van der Waals surface area contributed by atoms with Crippen molar-refractivity contribution in [1.29, 1.82) is 0 Å². The number of ether oxygens (including phenoxy) is 1. The molecule has 300 valence electrons. The van der Waals surface area contributed by atoms with Gasteiger partial charge in [-0.05, 0) is 79.5 Å². The molecule has 4 aromatic heterocycles. The average Bonchev–Trinajstić information content (AvgIpc) is 3.94. The second kappa shape index (κ2) is 15.4. The van der Waals surface area contributed by atoms with Crippen molar-refractivity contribution in [3.8, 4) is 33.8 Å². The van der Waals surface area contributed by atoms with Crippen LogP contribution in [-0.4, -0.2) is 18.8 Å². The first-order valence-electron chi connectivity index (χ1n) is 21.0. The van der Waals surface area contributed by atoms with E-state index in [0.29, 0.717) is 35.2 Å². The van der Waals surface area contributed by atoms with Crippen LogP contribution in [0.25, 0.3) is 76.9 Å². The summed E-state index contributed by atoms with van der Waals surface area (Å²) in [6.45, 7) is 18.3. The predicted octanol–water partition coefficient (Wildman–Crippen LogP) is 14.8. The first-order chi connectivity index (χ1) is 28.6. The second-order valence-electron chi connectivity index (χ2n) is 17.2. The number of benzene rings is 6. The van der Waals surface area contributed by atoms with E-state index < -0.39 is 0 Å². The summed E-state index contributed by atoms with van der Waals surface area (Å²) in [6.07, 6.45) is 7.86. The van der Waals surface area contributed by atoms with Gasteiger partial charge in [0.05, 0.1) is 11.3 Å². The molecule has 6 heteroatoms. The van der Waals surface area contributed by atoms with Crippen molar-refractivity contribution in [1.82, 2.24) is 18.8 Å². The molecule has 0 fully saturated rings. The molecule has 0 spiro atoms. The Kier molecular flexibility index (Phi) is 10.2. The SMILES string of the molecule is CC(C)c1cccc(C(C)C)c1-c1ccc2c(c1)c1ccc(Oc3[c-]c4c(cc3)c3cccc(-c5c(C(C)C)cccc5C(C)C)c3n3ccnc43)[c-]c1c1nccn21.[Pt+2]. The molecule has 0 unspecified atom stereocenters. The predicted molar refractivity (Wildman–Crippen MR) is 245 cm³/mol. The molecule has 10 rings (SSSR count). The van der Waals surface area contributed by atoms with Gasteiger partial charge in [0.25, 0.3) is 0 Å². The van der Waals surface area contributed by atoms with Gasteiger partial charge in [-0.25, -0.2) is 0 Å². The van der Waals surface area contributed by atoms with Crippen molar-refractivity contribution in [2.75, 3.05) is 0 Å². The van der Waals surface area contributed by atoms with Crippen LogP contribution in [0, 0.1) is 12.1 Å². The molecule has 0 N–H and O–H groups in total. The largest absolute Gasteiger partial charge is 2.00 e. The van der Waals surface area contributed by atoms with Gasteiger partial charge in [-0.1, -0.05) is 168 Å². The van der Waals surface area contributed by atoms with Crippen LogP contribution in [0.15, 0.2) is 122 Å². The van der Waals surface area contributed by atoms with Crippen LogP contribution < -0.4 is 4.74 Å². The van der Waals surface area contributed by atoms with Crippen LogP contribution in [0.5, 0.6) is 11.5 Å². The fourth-order valence-electron chi connectivity index (χ4n) is 9.43. The van der Waals surface area contributed by atoms with Gasteiger partial charge in [-0.2, -0.15) is 0 Å². The molecule has 0 radical (unpaired) electrons. The number of hydrogen-bond donors (Lipinski definition) is 0. The maximum Gasteiger partial charge on any atom is 2.00 e. The summed E-state index contributed by atoms with van der Waals surface area (Å²) in [7, 11) is 0. The number of fused-ring (bicyclic) bond motifs is 12. The Morgan fingerprint density at radius 3 is 1.57 bits per heavy atom. The van der Waals surface area contributed by atoms with E-state index in [1.54, 1.807) is 0 Å². The molecule has 0 amide bonds. The quantitative estimate of drug-likeness (QED) is 0.113. The fraction of sp³-hybridized carbons (Fsp3) is 0.222. The van der Waals surface area contributed by atoms with Crippen LogP contribution >= 0.6 is 0 Å². The van der Waals surface area contributed by atoms with Gasteiger partial charge in [0, 0.05) is 52.9 Å². The third kappa shape index (κ3) is 6.32. The van der Waals surface area contributed by atoms with Crippen LogP contribution in [0.4, 0.5) is 0 Å². The van der Waals surface area contributed by atoms with Crippen molar-refractivity contribution >= 4 is 54.6 Å². The average molecular weight is 964 g/mol. The zero-order valence-electron chi connectivity index (χ0n) is 35.4. The summed E-state index contributed by atoms with van der Waals surface area (Å²) in [5.74, 6) is 2.77. The molecule has 10 aromatic rings. The summed E-state index contributed by atoms with van der Waals surface area (Å²) >= 11 is 0. The van der Waals surface area contributed by atoms with Crippen LogP contribution in [0.3, 0.4) is 0 Å². The van der Waals surface area contributed by atoms with Crippen LogP contribution in [0.1, 0.15) is 101 Å². The number of hydrogen-bond acceptors (Lipinski definition) is 3. The monoisotopic (exact) mass is 963 g/mol. The molecule has 0 atom stereocenters. The van der Waals surface area contributed by atoms with E-state index in [1.165, 1.54) is 44.5 Å². The van der Waals surface area contributed by atoms with E-state index in [9.17, 15) is 0 Å². The van der Waals surface area contributed by atoms with Gasteiger partial charge in [-0.3, -0.25) is 9.97 Å². The van der Waals surface area contributed by atoms with Gasteiger partial charge in [0.15, 0.2) is 0 Å². The molecule has 0 aliphatic carbocycles. The van der Waals surface area contributed by atoms with E-state index >= 15 is 0 Å². The molecular weight excluding hydrogens is 916 g/mol. The Labute approximate surface area is 366 Å². The smallest absolute Gasteiger partial charge is 0.497 e. The van der Waals surface area contributed by atoms with Gasteiger partial charge in [0.1, 0.15) is 0 Å². The molecule has 0 aliphatic rings. The van der Waals surface area contributed by atoms with E-state index in [0.717, 1.165) is 54.6 Å². The summed E-state index contributed by atoms with van der Waals surface area (Å²) in [6, 6.07) is 42.7. The summed E-state index contributed by atoms with van der Waals surface area (Å²) in [4.78, 5) is 9.72. The van der Waals surface area contributed by atoms with E-state index in [-0.39, 0.29) is 21.1 Å². The molecule has 6 aromatic carbocycles. The number of imidazole rings is 2. The third-order valence-electron chi connectivity index (χ3n) is 12.2. The molecule has 60 heavy (non-hydrogen) atoms. The molecule has 0 saturated carbocycles. The van der Waals surface area contributed by atoms with Gasteiger partial charge >= 0.3 is 21.1 Å². The van der Waals surface area contributed by atoms with Crippen molar-refractivity contribution in [2.24, 2.45) is 0 Å². The van der Waals surface area contributed by atoms with Crippen LogP contribution in [-0.2, 0) is 21.1 Å². The molecule has 5 nitrogen and oxygen atoms in total. The van der Waals surface area contributed by atoms with Gasteiger partial charge in [0.2, 0.25) is 0 Å². The number of para-hydroxylation sites is 1. The fourth-order valence-corrected chi connectivity index (χ4v) is 9.43. The van der Waals surface area contributed by atoms with E-state index in [4.69, 9.17) is 14.7 Å². The summed E-state index contributed by atoms with van der Waals surface area (Å²) < 4.78 is 11.0. The molecule has 0 saturated heterocycles. The van der Waals surface area contributed by atoms with Crippen LogP contribution in [0.2, 0.25) is 0 Å². The Morgan fingerprint density at radius 1 is 0.500 bits per heavy atom. The minimum absolute atomic E-state index is 0. The topological polar surface area (TPSA) is 43.8 Å². The Hall–Kier alpha value is -5.77. The number of pyridine rings is 2. The number of aromatic nitrogens is 4. The van der Waals surface area contributed by atoms with Crippen molar-refractivity contribution in [2.45, 2.75) is 79.1 Å². The maximum absolute atomic E-state index is 6.64. The minimum Gasteiger partial charge on any atom is -0.497 e. The van der Waals surface area contributed by atoms with Gasteiger partial charge < -0.3 is 13.5 Å². The zero-order chi connectivity index (χ0) is 40.7. The first-order valence-corrected chi connectivity index (χ1v) is 21.0. The normalized spacial score (nSPS) is 12.1.